The van der Waals surface area contributed by atoms with E-state index >= 15 is 0 Å². The first-order valence-corrected chi connectivity index (χ1v) is 5.33. The molecule has 17 heavy (non-hydrogen) atoms. The molecule has 1 atom stereocenters. The van der Waals surface area contributed by atoms with E-state index in [4.69, 9.17) is 14.2 Å². The molecule has 0 aliphatic carbocycles. The molecule has 1 aliphatic rings. The molecule has 0 bridgehead atoms. The van der Waals surface area contributed by atoms with Gasteiger partial charge in [0.05, 0.1) is 14.2 Å². The van der Waals surface area contributed by atoms with Crippen LogP contribution in [0.15, 0.2) is 12.1 Å². The van der Waals surface area contributed by atoms with E-state index in [0.717, 1.165) is 5.56 Å². The Labute approximate surface area is 99.7 Å². The fourth-order valence-electron chi connectivity index (χ4n) is 2.01. The molecule has 2 rings (SSSR count). The fraction of sp³-hybridized carbons (Fsp3) is 0.417. The van der Waals surface area contributed by atoms with Gasteiger partial charge < -0.3 is 19.5 Å². The van der Waals surface area contributed by atoms with E-state index in [1.54, 1.807) is 6.07 Å². The third-order valence-electron chi connectivity index (χ3n) is 2.77. The van der Waals surface area contributed by atoms with Crippen LogP contribution in [0.25, 0.3) is 0 Å². The summed E-state index contributed by atoms with van der Waals surface area (Å²) in [5.74, 6) is 0.609. The number of fused-ring (bicyclic) bond motifs is 1. The van der Waals surface area contributed by atoms with Crippen LogP contribution in [-0.2, 0) is 4.74 Å². The maximum atomic E-state index is 11.8. The van der Waals surface area contributed by atoms with Gasteiger partial charge in [-0.3, -0.25) is 0 Å². The summed E-state index contributed by atoms with van der Waals surface area (Å²) in [5, 5.41) is 2.99. The summed E-state index contributed by atoms with van der Waals surface area (Å²) in [6, 6.07) is 3.62. The highest BCUT2D eigenvalue weighted by atomic mass is 16.6. The number of benzene rings is 1. The molecule has 0 saturated carbocycles. The first kappa shape index (κ1) is 11.7. The zero-order valence-electron chi connectivity index (χ0n) is 10.1. The van der Waals surface area contributed by atoms with E-state index in [1.807, 2.05) is 13.1 Å². The Bertz CT molecular complexity index is 444. The molecular weight excluding hydrogens is 222 g/mol. The molecule has 1 aliphatic heterocycles. The Morgan fingerprint density at radius 1 is 1.35 bits per heavy atom. The average molecular weight is 237 g/mol. The van der Waals surface area contributed by atoms with Crippen LogP contribution < -0.4 is 14.8 Å². The second-order valence-corrected chi connectivity index (χ2v) is 3.72. The van der Waals surface area contributed by atoms with Gasteiger partial charge in [-0.2, -0.15) is 0 Å². The van der Waals surface area contributed by atoms with E-state index in [0.29, 0.717) is 23.6 Å². The van der Waals surface area contributed by atoms with Gasteiger partial charge in [0.25, 0.3) is 0 Å². The van der Waals surface area contributed by atoms with Crippen LogP contribution in [0.3, 0.4) is 0 Å². The van der Waals surface area contributed by atoms with Gasteiger partial charge in [-0.15, -0.1) is 0 Å². The lowest BCUT2D eigenvalue weighted by Crippen LogP contribution is -2.16. The summed E-state index contributed by atoms with van der Waals surface area (Å²) in [6.07, 6.45) is -0.262. The normalized spacial score (nSPS) is 17.6. The number of carbonyl (C=O) groups is 1. The van der Waals surface area contributed by atoms with E-state index < -0.39 is 0 Å². The molecule has 1 heterocycles. The van der Waals surface area contributed by atoms with E-state index in [-0.39, 0.29) is 12.1 Å². The van der Waals surface area contributed by atoms with Gasteiger partial charge >= 0.3 is 5.97 Å². The summed E-state index contributed by atoms with van der Waals surface area (Å²) in [5.41, 5.74) is 1.30. The minimum Gasteiger partial charge on any atom is -0.493 e. The zero-order valence-corrected chi connectivity index (χ0v) is 10.1. The average Bonchev–Trinajstić information content (AvgIpc) is 2.66. The lowest BCUT2D eigenvalue weighted by molar-refractivity contribution is 0.0388. The SMILES string of the molecule is CNCC1OC(=O)c2c1ccc(OC)c2OC. The van der Waals surface area contributed by atoms with Crippen LogP contribution in [0.5, 0.6) is 11.5 Å². The molecule has 0 amide bonds. The van der Waals surface area contributed by atoms with Crippen LogP contribution in [0, 0.1) is 0 Å². The van der Waals surface area contributed by atoms with Crippen LogP contribution in [0.4, 0.5) is 0 Å². The number of rotatable bonds is 4. The summed E-state index contributed by atoms with van der Waals surface area (Å²) >= 11 is 0. The van der Waals surface area contributed by atoms with E-state index in [1.165, 1.54) is 14.2 Å². The minimum atomic E-state index is -0.365. The van der Waals surface area contributed by atoms with Gasteiger partial charge in [-0.05, 0) is 13.1 Å². The standard InChI is InChI=1S/C12H15NO4/c1-13-6-9-7-4-5-8(15-2)11(16-3)10(7)12(14)17-9/h4-5,9,13H,6H2,1-3H3. The molecular formula is C12H15NO4. The highest BCUT2D eigenvalue weighted by Gasteiger charge is 2.35. The van der Waals surface area contributed by atoms with Crippen molar-refractivity contribution in [3.05, 3.63) is 23.3 Å². The highest BCUT2D eigenvalue weighted by molar-refractivity contribution is 5.98. The van der Waals surface area contributed by atoms with Crippen molar-refractivity contribution in [3.63, 3.8) is 0 Å². The number of esters is 1. The molecule has 5 nitrogen and oxygen atoms in total. The second-order valence-electron chi connectivity index (χ2n) is 3.72. The summed E-state index contributed by atoms with van der Waals surface area (Å²) in [6.45, 7) is 0.578. The van der Waals surface area contributed by atoms with Crippen molar-refractivity contribution < 1.29 is 19.0 Å². The summed E-state index contributed by atoms with van der Waals surface area (Å²) in [4.78, 5) is 11.8. The molecule has 92 valence electrons. The number of cyclic esters (lactones) is 1. The maximum Gasteiger partial charge on any atom is 0.343 e. The number of methoxy groups -OCH3 is 2. The monoisotopic (exact) mass is 237 g/mol. The van der Waals surface area contributed by atoms with Gasteiger partial charge in [0, 0.05) is 12.1 Å². The topological polar surface area (TPSA) is 56.8 Å². The predicted molar refractivity (Wildman–Crippen MR) is 61.6 cm³/mol. The van der Waals surface area contributed by atoms with Crippen molar-refractivity contribution in [1.29, 1.82) is 0 Å². The number of ether oxygens (including phenoxy) is 3. The lowest BCUT2D eigenvalue weighted by atomic mass is 10.0. The van der Waals surface area contributed by atoms with Crippen LogP contribution in [0.2, 0.25) is 0 Å². The number of nitrogens with one attached hydrogen (secondary N) is 1. The Hall–Kier alpha value is -1.75. The summed E-state index contributed by atoms with van der Waals surface area (Å²) in [7, 11) is 4.86. The van der Waals surface area contributed by atoms with Crippen molar-refractivity contribution in [2.75, 3.05) is 27.8 Å². The number of carbonyl (C=O) groups excluding carboxylic acids is 1. The molecule has 0 saturated heterocycles. The molecule has 1 aromatic rings. The maximum absolute atomic E-state index is 11.8. The van der Waals surface area contributed by atoms with Gasteiger partial charge in [0.2, 0.25) is 0 Å². The third kappa shape index (κ3) is 1.82. The van der Waals surface area contributed by atoms with Crippen molar-refractivity contribution in [3.8, 4) is 11.5 Å². The van der Waals surface area contributed by atoms with Crippen molar-refractivity contribution in [2.24, 2.45) is 0 Å². The van der Waals surface area contributed by atoms with Crippen molar-refractivity contribution in [2.45, 2.75) is 6.10 Å². The molecule has 5 heteroatoms. The van der Waals surface area contributed by atoms with Gasteiger partial charge in [-0.1, -0.05) is 6.07 Å². The Balaban J connectivity index is 2.51. The minimum absolute atomic E-state index is 0.262. The zero-order chi connectivity index (χ0) is 12.4. The third-order valence-corrected chi connectivity index (χ3v) is 2.77. The van der Waals surface area contributed by atoms with Crippen molar-refractivity contribution >= 4 is 5.97 Å². The highest BCUT2D eigenvalue weighted by Crippen LogP contribution is 2.41. The number of hydrogen-bond acceptors (Lipinski definition) is 5. The first-order chi connectivity index (χ1) is 8.22. The van der Waals surface area contributed by atoms with E-state index in [2.05, 4.69) is 5.32 Å². The summed E-state index contributed by atoms with van der Waals surface area (Å²) < 4.78 is 15.7. The second kappa shape index (κ2) is 4.63. The molecule has 1 N–H and O–H groups in total. The van der Waals surface area contributed by atoms with Crippen molar-refractivity contribution in [1.82, 2.24) is 5.32 Å². The predicted octanol–water partition coefficient (Wildman–Crippen LogP) is 1.13. The molecule has 0 spiro atoms. The lowest BCUT2D eigenvalue weighted by Gasteiger charge is -2.11. The van der Waals surface area contributed by atoms with Gasteiger partial charge in [0.15, 0.2) is 11.5 Å². The molecule has 1 aromatic carbocycles. The molecule has 1 unspecified atom stereocenters. The fourth-order valence-corrected chi connectivity index (χ4v) is 2.01. The largest absolute Gasteiger partial charge is 0.493 e. The molecule has 0 fully saturated rings. The smallest absolute Gasteiger partial charge is 0.343 e. The van der Waals surface area contributed by atoms with Crippen LogP contribution in [0.1, 0.15) is 22.0 Å². The molecule has 0 radical (unpaired) electrons. The number of likely N-dealkylation sites (N-methyl/N-ethyl adjacent to an activating group) is 1. The first-order valence-electron chi connectivity index (χ1n) is 5.33. The van der Waals surface area contributed by atoms with Gasteiger partial charge in [0.1, 0.15) is 11.7 Å². The Morgan fingerprint density at radius 3 is 2.71 bits per heavy atom. The van der Waals surface area contributed by atoms with Gasteiger partial charge in [-0.25, -0.2) is 4.79 Å². The number of hydrogen-bond donors (Lipinski definition) is 1. The Morgan fingerprint density at radius 2 is 2.12 bits per heavy atom. The Kier molecular flexibility index (Phi) is 3.19. The molecule has 0 aromatic heterocycles. The van der Waals surface area contributed by atoms with Crippen LogP contribution in [-0.4, -0.2) is 33.8 Å². The van der Waals surface area contributed by atoms with Crippen LogP contribution >= 0.6 is 0 Å². The van der Waals surface area contributed by atoms with E-state index in [9.17, 15) is 4.79 Å². The quantitative estimate of drug-likeness (QED) is 0.796.